The van der Waals surface area contributed by atoms with E-state index < -0.39 is 17.8 Å². The third-order valence-electron chi connectivity index (χ3n) is 6.45. The Hall–Kier alpha value is -2.32. The number of carbonyl (C=O) groups is 2. The van der Waals surface area contributed by atoms with Crippen LogP contribution in [0.3, 0.4) is 0 Å². The fourth-order valence-corrected chi connectivity index (χ4v) is 4.73. The number of rotatable bonds is 8. The molecule has 0 spiro atoms. The van der Waals surface area contributed by atoms with Gasteiger partial charge in [0.25, 0.3) is 5.91 Å². The van der Waals surface area contributed by atoms with Gasteiger partial charge in [-0.2, -0.15) is 0 Å². The van der Waals surface area contributed by atoms with Gasteiger partial charge in [-0.1, -0.05) is 6.07 Å². The number of hydrogen-bond donors (Lipinski definition) is 0. The van der Waals surface area contributed by atoms with Gasteiger partial charge in [-0.05, 0) is 69.7 Å². The smallest absolute Gasteiger partial charge is 0.410 e. The molecule has 1 heterocycles. The monoisotopic (exact) mass is 474 g/mol. The van der Waals surface area contributed by atoms with E-state index >= 15 is 0 Å². The number of benzene rings is 1. The summed E-state index contributed by atoms with van der Waals surface area (Å²) in [6.07, 6.45) is 3.62. The molecule has 1 aromatic carbocycles. The number of amides is 2. The Morgan fingerprint density at radius 2 is 1.97 bits per heavy atom. The van der Waals surface area contributed by atoms with Crippen molar-refractivity contribution in [2.24, 2.45) is 0 Å². The highest BCUT2D eigenvalue weighted by atomic mass is 16.6. The number of fused-ring (bicyclic) bond motifs is 1. The molecule has 1 saturated carbocycles. The van der Waals surface area contributed by atoms with Crippen molar-refractivity contribution in [3.05, 3.63) is 29.3 Å². The molecule has 2 fully saturated rings. The minimum atomic E-state index is -0.667. The molecular weight excluding hydrogens is 436 g/mol. The van der Waals surface area contributed by atoms with E-state index in [0.29, 0.717) is 26.4 Å². The summed E-state index contributed by atoms with van der Waals surface area (Å²) in [5.41, 5.74) is 1.86. The largest absolute Gasteiger partial charge is 0.493 e. The zero-order valence-corrected chi connectivity index (χ0v) is 20.9. The lowest BCUT2D eigenvalue weighted by molar-refractivity contribution is -0.152. The number of nitrogens with zero attached hydrogens (tertiary/aromatic N) is 2. The standard InChI is InChI=1S/C26H38N2O6/c1-26(2,3)34-25(30)27-12-15-33-23(17-27)24(29)28(19-8-9-19)22-11-7-18-6-10-20(16-21(18)22)32-14-5-13-31-4/h6,10,16,19,22-23H,5,7-9,11-15,17H2,1-4H3/t22-,23-/m1/s1. The molecule has 0 bridgehead atoms. The molecule has 2 atom stereocenters. The van der Waals surface area contributed by atoms with Gasteiger partial charge in [0.1, 0.15) is 11.4 Å². The Balaban J connectivity index is 1.46. The Labute approximate surface area is 202 Å². The first-order valence-electron chi connectivity index (χ1n) is 12.4. The van der Waals surface area contributed by atoms with Crippen LogP contribution in [0.2, 0.25) is 0 Å². The minimum absolute atomic E-state index is 0.0121. The second-order valence-corrected chi connectivity index (χ2v) is 10.4. The van der Waals surface area contributed by atoms with Crippen molar-refractivity contribution in [3.8, 4) is 5.75 Å². The Bertz CT molecular complexity index is 879. The second kappa shape index (κ2) is 10.5. The number of hydrogen-bond acceptors (Lipinski definition) is 6. The number of ether oxygens (including phenoxy) is 4. The molecule has 0 radical (unpaired) electrons. The highest BCUT2D eigenvalue weighted by molar-refractivity contribution is 5.83. The van der Waals surface area contributed by atoms with Gasteiger partial charge in [-0.25, -0.2) is 4.79 Å². The summed E-state index contributed by atoms with van der Waals surface area (Å²) in [5, 5.41) is 0. The molecule has 1 saturated heterocycles. The first kappa shape index (κ1) is 24.8. The van der Waals surface area contributed by atoms with Crippen molar-refractivity contribution in [2.45, 2.75) is 76.7 Å². The van der Waals surface area contributed by atoms with Crippen LogP contribution in [0.5, 0.6) is 5.75 Å². The van der Waals surface area contributed by atoms with Gasteiger partial charge in [0.2, 0.25) is 0 Å². The predicted molar refractivity (Wildman–Crippen MR) is 127 cm³/mol. The topological polar surface area (TPSA) is 77.5 Å². The van der Waals surface area contributed by atoms with Crippen molar-refractivity contribution in [1.82, 2.24) is 9.80 Å². The van der Waals surface area contributed by atoms with Gasteiger partial charge in [0, 0.05) is 32.7 Å². The molecule has 1 aliphatic heterocycles. The predicted octanol–water partition coefficient (Wildman–Crippen LogP) is 3.72. The average molecular weight is 475 g/mol. The van der Waals surface area contributed by atoms with E-state index in [1.807, 2.05) is 31.7 Å². The van der Waals surface area contributed by atoms with Crippen molar-refractivity contribution in [3.63, 3.8) is 0 Å². The summed E-state index contributed by atoms with van der Waals surface area (Å²) >= 11 is 0. The number of methoxy groups -OCH3 is 1. The average Bonchev–Trinajstić information content (AvgIpc) is 3.55. The summed E-state index contributed by atoms with van der Waals surface area (Å²) in [5.74, 6) is 0.801. The van der Waals surface area contributed by atoms with Crippen LogP contribution in [-0.4, -0.2) is 79.6 Å². The Morgan fingerprint density at radius 3 is 2.68 bits per heavy atom. The van der Waals surface area contributed by atoms with E-state index in [1.54, 1.807) is 12.0 Å². The van der Waals surface area contributed by atoms with E-state index in [1.165, 1.54) is 11.1 Å². The van der Waals surface area contributed by atoms with E-state index in [0.717, 1.165) is 37.9 Å². The lowest BCUT2D eigenvalue weighted by atomic mass is 10.0. The van der Waals surface area contributed by atoms with Gasteiger partial charge in [0.15, 0.2) is 6.10 Å². The zero-order valence-electron chi connectivity index (χ0n) is 20.9. The van der Waals surface area contributed by atoms with Gasteiger partial charge in [-0.3, -0.25) is 4.79 Å². The highest BCUT2D eigenvalue weighted by Crippen LogP contribution is 2.43. The molecule has 1 aromatic rings. The summed E-state index contributed by atoms with van der Waals surface area (Å²) < 4.78 is 22.4. The zero-order chi connectivity index (χ0) is 24.3. The SMILES string of the molecule is COCCCOc1ccc2c(c1)[C@H](N(C(=O)[C@H]1CN(C(=O)OC(C)(C)C)CCO1)C1CC1)CC2. The maximum atomic E-state index is 13.7. The summed E-state index contributed by atoms with van der Waals surface area (Å²) in [6.45, 7) is 7.77. The molecule has 0 unspecified atom stereocenters. The highest BCUT2D eigenvalue weighted by Gasteiger charge is 2.44. The fraction of sp³-hybridized carbons (Fsp3) is 0.692. The molecule has 0 N–H and O–H groups in total. The molecular formula is C26H38N2O6. The first-order valence-corrected chi connectivity index (χ1v) is 12.4. The Morgan fingerprint density at radius 1 is 1.18 bits per heavy atom. The van der Waals surface area contributed by atoms with Gasteiger partial charge >= 0.3 is 6.09 Å². The van der Waals surface area contributed by atoms with Crippen molar-refractivity contribution in [1.29, 1.82) is 0 Å². The molecule has 34 heavy (non-hydrogen) atoms. The van der Waals surface area contributed by atoms with Gasteiger partial charge in [0.05, 0.1) is 25.8 Å². The van der Waals surface area contributed by atoms with Gasteiger partial charge in [-0.15, -0.1) is 0 Å². The summed E-state index contributed by atoms with van der Waals surface area (Å²) in [4.78, 5) is 29.9. The van der Waals surface area contributed by atoms with Crippen molar-refractivity contribution < 1.29 is 28.5 Å². The fourth-order valence-electron chi connectivity index (χ4n) is 4.73. The van der Waals surface area contributed by atoms with E-state index in [2.05, 4.69) is 12.1 Å². The third kappa shape index (κ3) is 6.02. The van der Waals surface area contributed by atoms with Crippen LogP contribution in [-0.2, 0) is 25.4 Å². The number of morpholine rings is 1. The van der Waals surface area contributed by atoms with Crippen LogP contribution < -0.4 is 4.74 Å². The van der Waals surface area contributed by atoms with Crippen LogP contribution in [0.1, 0.15) is 63.6 Å². The third-order valence-corrected chi connectivity index (χ3v) is 6.45. The van der Waals surface area contributed by atoms with Crippen LogP contribution in [0, 0.1) is 0 Å². The quantitative estimate of drug-likeness (QED) is 0.535. The summed E-state index contributed by atoms with van der Waals surface area (Å²) in [6, 6.07) is 6.48. The lowest BCUT2D eigenvalue weighted by Crippen LogP contribution is -2.54. The van der Waals surface area contributed by atoms with Crippen LogP contribution >= 0.6 is 0 Å². The normalized spacial score (nSPS) is 22.3. The first-order chi connectivity index (χ1) is 16.3. The van der Waals surface area contributed by atoms with Crippen LogP contribution in [0.4, 0.5) is 4.79 Å². The molecule has 0 aromatic heterocycles. The molecule has 8 nitrogen and oxygen atoms in total. The molecule has 2 amide bonds. The van der Waals surface area contributed by atoms with E-state index in [-0.39, 0.29) is 24.5 Å². The van der Waals surface area contributed by atoms with Crippen LogP contribution in [0.15, 0.2) is 18.2 Å². The second-order valence-electron chi connectivity index (χ2n) is 10.4. The molecule has 4 rings (SSSR count). The molecule has 3 aliphatic rings. The molecule has 188 valence electrons. The summed E-state index contributed by atoms with van der Waals surface area (Å²) in [7, 11) is 1.69. The maximum Gasteiger partial charge on any atom is 0.410 e. The number of carbonyl (C=O) groups excluding carboxylic acids is 2. The van der Waals surface area contributed by atoms with Crippen molar-refractivity contribution >= 4 is 12.0 Å². The number of aryl methyl sites for hydroxylation is 1. The lowest BCUT2D eigenvalue weighted by Gasteiger charge is -2.38. The van der Waals surface area contributed by atoms with E-state index in [9.17, 15) is 9.59 Å². The molecule has 2 aliphatic carbocycles. The van der Waals surface area contributed by atoms with Crippen LogP contribution in [0.25, 0.3) is 0 Å². The maximum absolute atomic E-state index is 13.7. The van der Waals surface area contributed by atoms with E-state index in [4.69, 9.17) is 18.9 Å². The van der Waals surface area contributed by atoms with Crippen molar-refractivity contribution in [2.75, 3.05) is 40.0 Å². The minimum Gasteiger partial charge on any atom is -0.493 e. The van der Waals surface area contributed by atoms with Gasteiger partial charge < -0.3 is 28.7 Å². The Kier molecular flexibility index (Phi) is 7.67. The molecule has 8 heteroatoms.